The van der Waals surface area contributed by atoms with Crippen LogP contribution in [0.4, 0.5) is 8.78 Å². The Labute approximate surface area is 194 Å². The Morgan fingerprint density at radius 1 is 1.12 bits per heavy atom. The Kier molecular flexibility index (Phi) is 6.72. The van der Waals surface area contributed by atoms with E-state index in [1.54, 1.807) is 24.3 Å². The Hall–Kier alpha value is -2.18. The number of thiocarbonyl (C=S) groups is 1. The first-order chi connectivity index (χ1) is 15.3. The Balaban J connectivity index is 1.65. The summed E-state index contributed by atoms with van der Waals surface area (Å²) in [6.07, 6.45) is 0. The molecule has 0 aliphatic carbocycles. The molecule has 1 fully saturated rings. The molecule has 0 spiro atoms. The SMILES string of the molecule is O=S(=O)(NC(=S)N1CC(c2c(F)cccc2F)C(c2ccc(Cl)cc2)=N1)N1CCOCC1. The molecule has 0 bridgehead atoms. The van der Waals surface area contributed by atoms with Gasteiger partial charge in [0.25, 0.3) is 0 Å². The van der Waals surface area contributed by atoms with Crippen molar-refractivity contribution in [2.24, 2.45) is 5.10 Å². The van der Waals surface area contributed by atoms with E-state index in [0.717, 1.165) is 0 Å². The third kappa shape index (κ3) is 4.76. The van der Waals surface area contributed by atoms with Gasteiger partial charge in [0.2, 0.25) is 5.11 Å². The summed E-state index contributed by atoms with van der Waals surface area (Å²) in [7, 11) is -3.92. The van der Waals surface area contributed by atoms with Crippen LogP contribution < -0.4 is 4.72 Å². The van der Waals surface area contributed by atoms with Gasteiger partial charge in [-0.2, -0.15) is 17.8 Å². The number of hydrazone groups is 1. The number of morpholine rings is 1. The summed E-state index contributed by atoms with van der Waals surface area (Å²) in [4.78, 5) is 0. The van der Waals surface area contributed by atoms with Crippen LogP contribution in [0, 0.1) is 11.6 Å². The zero-order valence-electron chi connectivity index (χ0n) is 16.7. The third-order valence-electron chi connectivity index (χ3n) is 5.16. The number of nitrogens with zero attached hydrogens (tertiary/aromatic N) is 3. The van der Waals surface area contributed by atoms with Crippen molar-refractivity contribution in [3.8, 4) is 0 Å². The van der Waals surface area contributed by atoms with E-state index >= 15 is 0 Å². The predicted octanol–water partition coefficient (Wildman–Crippen LogP) is 2.87. The van der Waals surface area contributed by atoms with Crippen molar-refractivity contribution in [1.82, 2.24) is 14.0 Å². The summed E-state index contributed by atoms with van der Waals surface area (Å²) in [5.74, 6) is -2.26. The maximum atomic E-state index is 14.6. The van der Waals surface area contributed by atoms with E-state index in [9.17, 15) is 17.2 Å². The number of halogens is 3. The molecule has 7 nitrogen and oxygen atoms in total. The smallest absolute Gasteiger partial charge is 0.303 e. The van der Waals surface area contributed by atoms with Gasteiger partial charge in [0.15, 0.2) is 0 Å². The normalized spacial score (nSPS) is 19.7. The van der Waals surface area contributed by atoms with Gasteiger partial charge in [-0.05, 0) is 42.0 Å². The molecular weight excluding hydrogens is 482 g/mol. The molecule has 0 amide bonds. The number of rotatable bonds is 4. The molecule has 2 aliphatic rings. The minimum atomic E-state index is -3.92. The second kappa shape index (κ2) is 9.36. The largest absolute Gasteiger partial charge is 0.379 e. The summed E-state index contributed by atoms with van der Waals surface area (Å²) in [5, 5.41) is 5.95. The molecule has 32 heavy (non-hydrogen) atoms. The van der Waals surface area contributed by atoms with Crippen LogP contribution in [0.15, 0.2) is 47.6 Å². The highest BCUT2D eigenvalue weighted by molar-refractivity contribution is 7.89. The molecule has 1 saturated heterocycles. The van der Waals surface area contributed by atoms with Gasteiger partial charge in [0, 0.05) is 23.7 Å². The minimum Gasteiger partial charge on any atom is -0.379 e. The molecule has 2 aromatic carbocycles. The highest BCUT2D eigenvalue weighted by atomic mass is 35.5. The number of ether oxygens (including phenoxy) is 1. The molecular formula is C20H19ClF2N4O3S2. The van der Waals surface area contributed by atoms with E-state index in [2.05, 4.69) is 9.82 Å². The molecule has 1 N–H and O–H groups in total. The molecule has 1 unspecified atom stereocenters. The highest BCUT2D eigenvalue weighted by Crippen LogP contribution is 2.32. The standard InChI is InChI=1S/C20H19ClF2N4O3S2/c21-14-6-4-13(5-7-14)19-15(18-16(22)2-1-3-17(18)23)12-27(24-19)20(31)25-32(28,29)26-8-10-30-11-9-26/h1-7,15H,8-12H2,(H,25,31). The molecule has 4 rings (SSSR count). The van der Waals surface area contributed by atoms with E-state index < -0.39 is 27.8 Å². The maximum absolute atomic E-state index is 14.6. The van der Waals surface area contributed by atoms with Gasteiger partial charge >= 0.3 is 10.2 Å². The second-order valence-electron chi connectivity index (χ2n) is 7.19. The summed E-state index contributed by atoms with van der Waals surface area (Å²) >= 11 is 11.3. The molecule has 2 aromatic rings. The summed E-state index contributed by atoms with van der Waals surface area (Å²) in [6, 6.07) is 10.2. The molecule has 170 valence electrons. The van der Waals surface area contributed by atoms with E-state index in [-0.39, 0.29) is 43.5 Å². The van der Waals surface area contributed by atoms with E-state index in [0.29, 0.717) is 16.3 Å². The Morgan fingerprint density at radius 3 is 2.38 bits per heavy atom. The van der Waals surface area contributed by atoms with Crippen LogP contribution in [-0.2, 0) is 14.9 Å². The zero-order chi connectivity index (χ0) is 22.9. The number of hydrogen-bond donors (Lipinski definition) is 1. The number of benzene rings is 2. The highest BCUT2D eigenvalue weighted by Gasteiger charge is 2.36. The molecule has 2 heterocycles. The first-order valence-electron chi connectivity index (χ1n) is 9.72. The lowest BCUT2D eigenvalue weighted by atomic mass is 9.90. The number of hydrogen-bond acceptors (Lipinski definition) is 5. The monoisotopic (exact) mass is 500 g/mol. The first kappa shape index (κ1) is 23.0. The van der Waals surface area contributed by atoms with Crippen molar-refractivity contribution in [2.75, 3.05) is 32.8 Å². The fourth-order valence-electron chi connectivity index (χ4n) is 3.59. The van der Waals surface area contributed by atoms with Crippen LogP contribution >= 0.6 is 23.8 Å². The van der Waals surface area contributed by atoms with E-state index in [4.69, 9.17) is 28.6 Å². The van der Waals surface area contributed by atoms with Crippen LogP contribution in [0.1, 0.15) is 17.0 Å². The minimum absolute atomic E-state index is 0.0414. The van der Waals surface area contributed by atoms with Crippen molar-refractivity contribution in [3.05, 3.63) is 70.2 Å². The lowest BCUT2D eigenvalue weighted by molar-refractivity contribution is 0.0727. The van der Waals surface area contributed by atoms with Crippen molar-refractivity contribution in [2.45, 2.75) is 5.92 Å². The first-order valence-corrected chi connectivity index (χ1v) is 11.9. The van der Waals surface area contributed by atoms with Crippen LogP contribution in [-0.4, -0.2) is 61.4 Å². The molecule has 0 radical (unpaired) electrons. The Bertz CT molecular complexity index is 1140. The maximum Gasteiger partial charge on any atom is 0.303 e. The van der Waals surface area contributed by atoms with Crippen molar-refractivity contribution in [3.63, 3.8) is 0 Å². The number of nitrogens with one attached hydrogen (secondary N) is 1. The summed E-state index contributed by atoms with van der Waals surface area (Å²) < 4.78 is 63.3. The van der Waals surface area contributed by atoms with E-state index in [1.807, 2.05) is 0 Å². The lowest BCUT2D eigenvalue weighted by Gasteiger charge is -2.27. The molecule has 12 heteroatoms. The van der Waals surface area contributed by atoms with Crippen molar-refractivity contribution in [1.29, 1.82) is 0 Å². The second-order valence-corrected chi connectivity index (χ2v) is 9.68. The van der Waals surface area contributed by atoms with Crippen LogP contribution in [0.5, 0.6) is 0 Å². The average molecular weight is 501 g/mol. The van der Waals surface area contributed by atoms with Gasteiger partial charge in [-0.3, -0.25) is 0 Å². The topological polar surface area (TPSA) is 74.2 Å². The van der Waals surface area contributed by atoms with Crippen LogP contribution in [0.3, 0.4) is 0 Å². The van der Waals surface area contributed by atoms with Gasteiger partial charge in [-0.15, -0.1) is 0 Å². The van der Waals surface area contributed by atoms with Gasteiger partial charge in [-0.25, -0.2) is 18.5 Å². The fourth-order valence-corrected chi connectivity index (χ4v) is 5.24. The fraction of sp³-hybridized carbons (Fsp3) is 0.300. The van der Waals surface area contributed by atoms with Crippen LogP contribution in [0.25, 0.3) is 0 Å². The molecule has 0 aromatic heterocycles. The predicted molar refractivity (Wildman–Crippen MR) is 121 cm³/mol. The molecule has 0 saturated carbocycles. The molecule has 1 atom stereocenters. The van der Waals surface area contributed by atoms with Crippen molar-refractivity contribution >= 4 is 44.9 Å². The third-order valence-corrected chi connectivity index (χ3v) is 7.35. The summed E-state index contributed by atoms with van der Waals surface area (Å²) in [5.41, 5.74) is 0.768. The summed E-state index contributed by atoms with van der Waals surface area (Å²) in [6.45, 7) is 0.913. The average Bonchev–Trinajstić information content (AvgIpc) is 3.20. The quantitative estimate of drug-likeness (QED) is 0.653. The lowest BCUT2D eigenvalue weighted by Crippen LogP contribution is -2.50. The van der Waals surface area contributed by atoms with Gasteiger partial charge < -0.3 is 4.74 Å². The molecule has 2 aliphatic heterocycles. The Morgan fingerprint density at radius 2 is 1.75 bits per heavy atom. The van der Waals surface area contributed by atoms with Gasteiger partial charge in [-0.1, -0.05) is 29.8 Å². The van der Waals surface area contributed by atoms with Crippen molar-refractivity contribution < 1.29 is 21.9 Å². The van der Waals surface area contributed by atoms with E-state index in [1.165, 1.54) is 27.5 Å². The van der Waals surface area contributed by atoms with Crippen LogP contribution in [0.2, 0.25) is 5.02 Å². The zero-order valence-corrected chi connectivity index (χ0v) is 19.1. The van der Waals surface area contributed by atoms with Gasteiger partial charge in [0.1, 0.15) is 11.6 Å². The van der Waals surface area contributed by atoms with Gasteiger partial charge in [0.05, 0.1) is 31.4 Å².